The summed E-state index contributed by atoms with van der Waals surface area (Å²) in [7, 11) is 0. The molecule has 0 atom stereocenters. The average Bonchev–Trinajstić information content (AvgIpc) is 2.91. The fourth-order valence-electron chi connectivity index (χ4n) is 1.76. The fourth-order valence-corrected chi connectivity index (χ4v) is 2.96. The van der Waals surface area contributed by atoms with Gasteiger partial charge in [0, 0.05) is 21.3 Å². The maximum Gasteiger partial charge on any atom is 0.418 e. The number of carbonyl (C=O) groups is 2. The number of rotatable bonds is 2. The molecule has 0 saturated heterocycles. The zero-order chi connectivity index (χ0) is 17.2. The monoisotopic (exact) mass is 442 g/mol. The van der Waals surface area contributed by atoms with E-state index in [9.17, 15) is 9.59 Å². The number of halogens is 2. The van der Waals surface area contributed by atoms with Gasteiger partial charge in [0.1, 0.15) is 5.60 Å². The molecule has 7 heteroatoms. The molecule has 122 valence electrons. The van der Waals surface area contributed by atoms with Crippen molar-refractivity contribution in [3.63, 3.8) is 0 Å². The molecule has 0 aliphatic heterocycles. The van der Waals surface area contributed by atoms with Crippen LogP contribution in [0.4, 0.5) is 10.5 Å². The molecule has 0 bridgehead atoms. The van der Waals surface area contributed by atoms with E-state index >= 15 is 0 Å². The number of benzene rings is 1. The van der Waals surface area contributed by atoms with Gasteiger partial charge in [-0.05, 0) is 70.8 Å². The van der Waals surface area contributed by atoms with Gasteiger partial charge < -0.3 is 10.1 Å². The topological polar surface area (TPSA) is 60.3 Å². The summed E-state index contributed by atoms with van der Waals surface area (Å²) in [6.07, 6.45) is 2.41. The molecule has 0 fully saturated rings. The molecule has 0 radical (unpaired) electrons. The summed E-state index contributed by atoms with van der Waals surface area (Å²) in [6.45, 7) is 5.35. The quantitative estimate of drug-likeness (QED) is 0.706. The number of hydrogen-bond acceptors (Lipinski definition) is 3. The molecule has 1 aromatic carbocycles. The van der Waals surface area contributed by atoms with E-state index in [2.05, 4.69) is 37.2 Å². The van der Waals surface area contributed by atoms with E-state index in [1.165, 1.54) is 17.0 Å². The fraction of sp³-hybridized carbons (Fsp3) is 0.250. The maximum atomic E-state index is 12.3. The minimum absolute atomic E-state index is 0.320. The number of nitrogens with zero attached hydrogens (tertiary/aromatic N) is 1. The number of amides is 1. The van der Waals surface area contributed by atoms with Crippen molar-refractivity contribution in [3.05, 3.63) is 51.2 Å². The number of hydrogen-bond donors (Lipinski definition) is 1. The smallest absolute Gasteiger partial charge is 0.418 e. The number of nitrogens with one attached hydrogen (secondary N) is 1. The molecular weight excluding hydrogens is 428 g/mol. The van der Waals surface area contributed by atoms with Crippen LogP contribution in [0.1, 0.15) is 31.1 Å². The first kappa shape index (κ1) is 17.7. The molecule has 0 unspecified atom stereocenters. The first-order valence-electron chi connectivity index (χ1n) is 6.84. The zero-order valence-corrected chi connectivity index (χ0v) is 16.1. The third-order valence-electron chi connectivity index (χ3n) is 2.76. The largest absolute Gasteiger partial charge is 0.443 e. The molecule has 0 aliphatic rings. The molecule has 1 heterocycles. The second kappa shape index (κ2) is 6.88. The first-order chi connectivity index (χ1) is 10.7. The Balaban J connectivity index is 2.14. The highest BCUT2D eigenvalue weighted by Gasteiger charge is 2.19. The Morgan fingerprint density at radius 3 is 2.30 bits per heavy atom. The summed E-state index contributed by atoms with van der Waals surface area (Å²) in [5.74, 6) is -0.320. The Morgan fingerprint density at radius 1 is 1.13 bits per heavy atom. The van der Waals surface area contributed by atoms with E-state index in [-0.39, 0.29) is 5.91 Å². The first-order valence-corrected chi connectivity index (χ1v) is 8.43. The molecule has 2 rings (SSSR count). The van der Waals surface area contributed by atoms with Crippen molar-refractivity contribution in [3.8, 4) is 0 Å². The number of carbonyl (C=O) groups excluding carboxylic acids is 2. The lowest BCUT2D eigenvalue weighted by atomic mass is 10.2. The third-order valence-corrected chi connectivity index (χ3v) is 4.08. The predicted octanol–water partition coefficient (Wildman–Crippen LogP) is 5.05. The minimum Gasteiger partial charge on any atom is -0.443 e. The van der Waals surface area contributed by atoms with E-state index in [1.54, 1.807) is 26.8 Å². The van der Waals surface area contributed by atoms with Crippen LogP contribution < -0.4 is 5.32 Å². The number of aromatic nitrogens is 1. The van der Waals surface area contributed by atoms with Gasteiger partial charge in [0.25, 0.3) is 5.91 Å². The Labute approximate surface area is 151 Å². The van der Waals surface area contributed by atoms with E-state index in [1.807, 2.05) is 18.2 Å². The normalized spacial score (nSPS) is 11.2. The van der Waals surface area contributed by atoms with E-state index in [0.29, 0.717) is 11.3 Å². The lowest BCUT2D eigenvalue weighted by Gasteiger charge is -2.19. The molecule has 5 nitrogen and oxygen atoms in total. The van der Waals surface area contributed by atoms with Gasteiger partial charge in [-0.15, -0.1) is 0 Å². The van der Waals surface area contributed by atoms with Crippen LogP contribution in [0.2, 0.25) is 0 Å². The summed E-state index contributed by atoms with van der Waals surface area (Å²) in [5.41, 5.74) is 0.393. The Hall–Kier alpha value is -1.60. The number of anilines is 1. The van der Waals surface area contributed by atoms with Gasteiger partial charge in [-0.1, -0.05) is 6.07 Å². The lowest BCUT2D eigenvalue weighted by Crippen LogP contribution is -2.26. The van der Waals surface area contributed by atoms with Crippen molar-refractivity contribution in [2.45, 2.75) is 26.4 Å². The van der Waals surface area contributed by atoms with Gasteiger partial charge >= 0.3 is 6.09 Å². The molecule has 1 amide bonds. The Bertz CT molecular complexity index is 728. The summed E-state index contributed by atoms with van der Waals surface area (Å²) < 4.78 is 8.01. The summed E-state index contributed by atoms with van der Waals surface area (Å²) >= 11 is 6.77. The Kier molecular flexibility index (Phi) is 5.31. The van der Waals surface area contributed by atoms with Gasteiger partial charge in [-0.2, -0.15) is 0 Å². The van der Waals surface area contributed by atoms with Crippen LogP contribution >= 0.6 is 31.9 Å². The molecule has 0 aliphatic carbocycles. The van der Waals surface area contributed by atoms with Crippen LogP contribution in [0.5, 0.6) is 0 Å². The van der Waals surface area contributed by atoms with Crippen molar-refractivity contribution in [1.82, 2.24) is 4.57 Å². The average molecular weight is 444 g/mol. The van der Waals surface area contributed by atoms with Gasteiger partial charge in [-0.25, -0.2) is 4.79 Å². The number of ether oxygens (including phenoxy) is 1. The lowest BCUT2D eigenvalue weighted by molar-refractivity contribution is 0.0537. The van der Waals surface area contributed by atoms with E-state index < -0.39 is 11.7 Å². The van der Waals surface area contributed by atoms with E-state index in [0.717, 1.165) is 8.95 Å². The van der Waals surface area contributed by atoms with Crippen LogP contribution in [0.25, 0.3) is 0 Å². The maximum absolute atomic E-state index is 12.3. The van der Waals surface area contributed by atoms with Crippen LogP contribution in [0.3, 0.4) is 0 Å². The minimum atomic E-state index is -0.594. The summed E-state index contributed by atoms with van der Waals surface area (Å²) in [4.78, 5) is 24.3. The van der Waals surface area contributed by atoms with Gasteiger partial charge in [0.15, 0.2) is 0 Å². The molecule has 1 aromatic heterocycles. The van der Waals surface area contributed by atoms with Gasteiger partial charge in [-0.3, -0.25) is 9.36 Å². The van der Waals surface area contributed by atoms with Crippen LogP contribution in [-0.2, 0) is 4.74 Å². The van der Waals surface area contributed by atoms with Gasteiger partial charge in [0.2, 0.25) is 0 Å². The number of para-hydroxylation sites is 1. The Morgan fingerprint density at radius 2 is 1.74 bits per heavy atom. The van der Waals surface area contributed by atoms with Crippen LogP contribution in [0, 0.1) is 0 Å². The second-order valence-corrected chi connectivity index (χ2v) is 7.55. The molecule has 2 aromatic rings. The standard InChI is InChI=1S/C16H16Br2N2O3/c1-16(2,3)23-15(22)20-8-7-10(9-20)14(21)19-13-11(17)5-4-6-12(13)18/h4-9H,1-3H3,(H,19,21). The highest BCUT2D eigenvalue weighted by Crippen LogP contribution is 2.30. The van der Waals surface area contributed by atoms with E-state index in [4.69, 9.17) is 4.74 Å². The SMILES string of the molecule is CC(C)(C)OC(=O)n1ccc(C(=O)Nc2c(Br)cccc2Br)c1. The van der Waals surface area contributed by atoms with Crippen LogP contribution in [-0.4, -0.2) is 22.2 Å². The third kappa shape index (κ3) is 4.68. The highest BCUT2D eigenvalue weighted by molar-refractivity contribution is 9.11. The summed E-state index contributed by atoms with van der Waals surface area (Å²) in [6, 6.07) is 7.06. The van der Waals surface area contributed by atoms with Crippen molar-refractivity contribution in [2.24, 2.45) is 0 Å². The molecular formula is C16H16Br2N2O3. The summed E-state index contributed by atoms with van der Waals surface area (Å²) in [5, 5.41) is 2.80. The van der Waals surface area contributed by atoms with Crippen molar-refractivity contribution in [2.75, 3.05) is 5.32 Å². The predicted molar refractivity (Wildman–Crippen MR) is 95.9 cm³/mol. The molecule has 1 N–H and O–H groups in total. The molecule has 0 spiro atoms. The van der Waals surface area contributed by atoms with Crippen molar-refractivity contribution < 1.29 is 14.3 Å². The van der Waals surface area contributed by atoms with Crippen LogP contribution in [0.15, 0.2) is 45.6 Å². The van der Waals surface area contributed by atoms with Crippen molar-refractivity contribution in [1.29, 1.82) is 0 Å². The zero-order valence-electron chi connectivity index (χ0n) is 12.9. The molecule has 0 saturated carbocycles. The molecule has 23 heavy (non-hydrogen) atoms. The van der Waals surface area contributed by atoms with Crippen molar-refractivity contribution >= 4 is 49.5 Å². The second-order valence-electron chi connectivity index (χ2n) is 5.84. The van der Waals surface area contributed by atoms with Gasteiger partial charge in [0.05, 0.1) is 11.3 Å². The highest BCUT2D eigenvalue weighted by atomic mass is 79.9.